The number of hydrogen-bond donors (Lipinski definition) is 2. The summed E-state index contributed by atoms with van der Waals surface area (Å²) in [6, 6.07) is 19.4. The van der Waals surface area contributed by atoms with Crippen LogP contribution in [-0.4, -0.2) is 10.8 Å². The molecular weight excluding hydrogens is 531 g/mol. The van der Waals surface area contributed by atoms with E-state index in [0.717, 1.165) is 46.3 Å². The monoisotopic (exact) mass is 574 g/mol. The number of ketones is 1. The number of aromatic nitrogens is 1. The minimum absolute atomic E-state index is 0.0255. The van der Waals surface area contributed by atoms with Crippen molar-refractivity contribution in [2.75, 3.05) is 0 Å². The molecule has 0 amide bonds. The lowest BCUT2D eigenvalue weighted by Gasteiger charge is -2.19. The molecule has 1 heterocycles. The molecule has 0 spiro atoms. The zero-order valence-corrected chi connectivity index (χ0v) is 25.8. The van der Waals surface area contributed by atoms with Crippen molar-refractivity contribution in [1.29, 1.82) is 0 Å². The molecule has 2 atom stereocenters. The molecule has 0 radical (unpaired) electrons. The molecule has 3 aromatic carbocycles. The van der Waals surface area contributed by atoms with Gasteiger partial charge < -0.3 is 10.3 Å². The van der Waals surface area contributed by atoms with Gasteiger partial charge in [0.2, 0.25) is 0 Å². The molecule has 6 rings (SSSR count). The predicted octanol–water partition coefficient (Wildman–Crippen LogP) is 10.1. The second-order valence-electron chi connectivity index (χ2n) is 11.8. The number of hydrogen-bond acceptors (Lipinski definition) is 2. The largest absolute Gasteiger partial charge is 0.357 e. The summed E-state index contributed by atoms with van der Waals surface area (Å²) in [5, 5.41) is 4.58. The number of nitrogens with one attached hydrogen (secondary N) is 2. The van der Waals surface area contributed by atoms with Crippen molar-refractivity contribution in [3.8, 4) is 0 Å². The van der Waals surface area contributed by atoms with Crippen molar-refractivity contribution in [2.45, 2.75) is 78.3 Å². The lowest BCUT2D eigenvalue weighted by molar-refractivity contribution is 0.101. The smallest absolute Gasteiger partial charge is 0.160 e. The summed E-state index contributed by atoms with van der Waals surface area (Å²) in [4.78, 5) is 15.8. The van der Waals surface area contributed by atoms with Crippen LogP contribution in [0.5, 0.6) is 0 Å². The first kappa shape index (κ1) is 30.4. The van der Waals surface area contributed by atoms with Gasteiger partial charge in [0.15, 0.2) is 5.78 Å². The van der Waals surface area contributed by atoms with Gasteiger partial charge in [-0.15, -0.1) is 0 Å². The maximum atomic E-state index is 14.0. The van der Waals surface area contributed by atoms with Gasteiger partial charge in [0.25, 0.3) is 0 Å². The Kier molecular flexibility index (Phi) is 9.89. The normalized spacial score (nSPS) is 16.3. The van der Waals surface area contributed by atoms with Crippen molar-refractivity contribution in [2.24, 2.45) is 0 Å². The van der Waals surface area contributed by atoms with Crippen LogP contribution >= 0.6 is 0 Å². The first-order valence-electron chi connectivity index (χ1n) is 15.6. The van der Waals surface area contributed by atoms with E-state index >= 15 is 0 Å². The van der Waals surface area contributed by atoms with E-state index in [1.54, 1.807) is 18.6 Å². The van der Waals surface area contributed by atoms with Crippen molar-refractivity contribution < 1.29 is 9.18 Å². The lowest BCUT2D eigenvalue weighted by atomic mass is 9.86. The highest BCUT2D eigenvalue weighted by Gasteiger charge is 2.22. The number of H-pyrrole nitrogens is 1. The van der Waals surface area contributed by atoms with E-state index in [1.807, 2.05) is 30.3 Å². The average molecular weight is 575 g/mol. The van der Waals surface area contributed by atoms with Crippen molar-refractivity contribution in [3.05, 3.63) is 135 Å². The SMILES string of the molecule is CC(=O)c1ccccc1C(C)c1c(CNCc2ccc3c(c2)C(C)CC=C3)[nH]c2cc(F)ccc12.CCC1=CC=CCC1. The highest BCUT2D eigenvalue weighted by Crippen LogP contribution is 2.36. The maximum absolute atomic E-state index is 14.0. The third-order valence-electron chi connectivity index (χ3n) is 8.78. The van der Waals surface area contributed by atoms with Crippen LogP contribution in [0.15, 0.2) is 90.5 Å². The van der Waals surface area contributed by atoms with Gasteiger partial charge in [-0.1, -0.05) is 99.2 Å². The second kappa shape index (κ2) is 14.0. The van der Waals surface area contributed by atoms with Gasteiger partial charge in [0.05, 0.1) is 0 Å². The van der Waals surface area contributed by atoms with Gasteiger partial charge in [-0.3, -0.25) is 4.79 Å². The van der Waals surface area contributed by atoms with Crippen LogP contribution in [0.4, 0.5) is 4.39 Å². The minimum atomic E-state index is -0.265. The molecule has 0 bridgehead atoms. The van der Waals surface area contributed by atoms with E-state index in [4.69, 9.17) is 0 Å². The number of halogens is 1. The van der Waals surface area contributed by atoms with Gasteiger partial charge in [-0.05, 0) is 84.5 Å². The molecule has 3 nitrogen and oxygen atoms in total. The fourth-order valence-electron chi connectivity index (χ4n) is 6.35. The van der Waals surface area contributed by atoms with Gasteiger partial charge in [0.1, 0.15) is 5.82 Å². The van der Waals surface area contributed by atoms with E-state index in [0.29, 0.717) is 12.5 Å². The third-order valence-corrected chi connectivity index (χ3v) is 8.78. The molecule has 2 N–H and O–H groups in total. The molecule has 4 aromatic rings. The maximum Gasteiger partial charge on any atom is 0.160 e. The minimum Gasteiger partial charge on any atom is -0.357 e. The van der Waals surface area contributed by atoms with Crippen LogP contribution in [0.3, 0.4) is 0 Å². The molecule has 2 aliphatic carbocycles. The van der Waals surface area contributed by atoms with Crippen LogP contribution < -0.4 is 5.32 Å². The van der Waals surface area contributed by atoms with Crippen LogP contribution in [0, 0.1) is 5.82 Å². The number of benzene rings is 3. The van der Waals surface area contributed by atoms with Crippen molar-refractivity contribution in [3.63, 3.8) is 0 Å². The van der Waals surface area contributed by atoms with Gasteiger partial charge in [-0.25, -0.2) is 4.39 Å². The molecular formula is C39H43FN2O. The molecule has 222 valence electrons. The third kappa shape index (κ3) is 7.14. The molecule has 2 unspecified atom stereocenters. The molecule has 0 fully saturated rings. The van der Waals surface area contributed by atoms with E-state index in [1.165, 1.54) is 42.0 Å². The number of Topliss-reactive ketones (excluding diaryl/α,β-unsaturated/α-hetero) is 1. The topological polar surface area (TPSA) is 44.9 Å². The summed E-state index contributed by atoms with van der Waals surface area (Å²) in [5.74, 6) is 0.295. The Morgan fingerprint density at radius 1 is 1.07 bits per heavy atom. The Morgan fingerprint density at radius 2 is 1.91 bits per heavy atom. The van der Waals surface area contributed by atoms with Crippen molar-refractivity contribution in [1.82, 2.24) is 10.3 Å². The Hall–Kier alpha value is -4.02. The zero-order chi connectivity index (χ0) is 30.3. The predicted molar refractivity (Wildman–Crippen MR) is 178 cm³/mol. The zero-order valence-electron chi connectivity index (χ0n) is 25.8. The van der Waals surface area contributed by atoms with Gasteiger partial charge in [0, 0.05) is 41.2 Å². The van der Waals surface area contributed by atoms with Crippen LogP contribution in [-0.2, 0) is 13.1 Å². The first-order valence-corrected chi connectivity index (χ1v) is 15.6. The molecule has 0 aliphatic heterocycles. The van der Waals surface area contributed by atoms with E-state index in [2.05, 4.69) is 79.7 Å². The number of allylic oxidation sites excluding steroid dienone is 5. The Morgan fingerprint density at radius 3 is 2.65 bits per heavy atom. The number of carbonyl (C=O) groups is 1. The Labute approximate surface area is 255 Å². The van der Waals surface area contributed by atoms with Crippen LogP contribution in [0.25, 0.3) is 17.0 Å². The lowest BCUT2D eigenvalue weighted by Crippen LogP contribution is -2.16. The van der Waals surface area contributed by atoms with Crippen LogP contribution in [0.2, 0.25) is 0 Å². The summed E-state index contributed by atoms with van der Waals surface area (Å²) in [6.07, 6.45) is 15.9. The van der Waals surface area contributed by atoms with E-state index < -0.39 is 0 Å². The Bertz CT molecular complexity index is 1690. The fourth-order valence-corrected chi connectivity index (χ4v) is 6.35. The molecule has 43 heavy (non-hydrogen) atoms. The summed E-state index contributed by atoms with van der Waals surface area (Å²) in [5.41, 5.74) is 10.2. The fraction of sp³-hybridized carbons (Fsp3) is 0.308. The van der Waals surface area contributed by atoms with Gasteiger partial charge in [-0.2, -0.15) is 0 Å². The molecule has 0 saturated carbocycles. The molecule has 1 aromatic heterocycles. The average Bonchev–Trinajstić information content (AvgIpc) is 3.38. The summed E-state index contributed by atoms with van der Waals surface area (Å²) in [6.45, 7) is 9.57. The number of rotatable bonds is 8. The summed E-state index contributed by atoms with van der Waals surface area (Å²) in [7, 11) is 0. The molecule has 2 aliphatic rings. The van der Waals surface area contributed by atoms with Crippen molar-refractivity contribution >= 4 is 22.8 Å². The number of aromatic amines is 1. The van der Waals surface area contributed by atoms with E-state index in [9.17, 15) is 9.18 Å². The Balaban J connectivity index is 0.000000400. The second-order valence-corrected chi connectivity index (χ2v) is 11.8. The standard InChI is InChI=1S/C31H31FN2O.C8H12/c1-19-7-6-8-23-12-11-22(15-28(19)23)17-33-18-30-31(27-14-13-24(32)16-29(27)34-30)20(2)25-9-4-5-10-26(25)21(3)35;1-2-8-6-4-3-5-7-8/h4-6,8-16,19-20,33-34H,7,17-18H2,1-3H3;3-4,6H,2,5,7H2,1H3. The quantitative estimate of drug-likeness (QED) is 0.206. The van der Waals surface area contributed by atoms with Crippen LogP contribution in [0.1, 0.15) is 109 Å². The summed E-state index contributed by atoms with van der Waals surface area (Å²) < 4.78 is 14.0. The molecule has 4 heteroatoms. The highest BCUT2D eigenvalue weighted by molar-refractivity contribution is 5.96. The first-order chi connectivity index (χ1) is 20.9. The summed E-state index contributed by atoms with van der Waals surface area (Å²) >= 11 is 0. The number of fused-ring (bicyclic) bond motifs is 2. The highest BCUT2D eigenvalue weighted by atomic mass is 19.1. The van der Waals surface area contributed by atoms with Gasteiger partial charge >= 0.3 is 0 Å². The van der Waals surface area contributed by atoms with E-state index in [-0.39, 0.29) is 17.5 Å². The number of carbonyl (C=O) groups excluding carboxylic acids is 1. The molecule has 0 saturated heterocycles.